The first-order valence-electron chi connectivity index (χ1n) is 6.21. The minimum absolute atomic E-state index is 0.0305. The number of carboxylic acids is 1. The Morgan fingerprint density at radius 2 is 2.19 bits per heavy atom. The molecule has 114 valence electrons. The molecule has 1 rings (SSSR count). The maximum Gasteiger partial charge on any atom is 0.303 e. The van der Waals surface area contributed by atoms with Crippen molar-refractivity contribution in [2.75, 3.05) is 6.54 Å². The van der Waals surface area contributed by atoms with Gasteiger partial charge >= 0.3 is 5.97 Å². The zero-order valence-electron chi connectivity index (χ0n) is 11.3. The van der Waals surface area contributed by atoms with Gasteiger partial charge in [0.15, 0.2) is 0 Å². The maximum atomic E-state index is 12.1. The van der Waals surface area contributed by atoms with Gasteiger partial charge in [0, 0.05) is 13.0 Å². The molecule has 0 saturated carbocycles. The molecule has 8 heteroatoms. The fourth-order valence-electron chi connectivity index (χ4n) is 1.67. The molecule has 0 spiro atoms. The van der Waals surface area contributed by atoms with Crippen LogP contribution in [0.3, 0.4) is 0 Å². The topological polar surface area (TPSA) is 107 Å². The summed E-state index contributed by atoms with van der Waals surface area (Å²) in [7, 11) is -3.79. The summed E-state index contributed by atoms with van der Waals surface area (Å²) in [5.74, 6) is -1.26. The number of nitrogens with one attached hydrogen (secondary N) is 1. The minimum atomic E-state index is -3.79. The van der Waals surface area contributed by atoms with Crippen LogP contribution in [0.4, 0.5) is 0 Å². The number of carboxylic acid groups (broad SMARTS) is 1. The molecule has 1 aromatic carbocycles. The molecule has 0 aromatic heterocycles. The second-order valence-electron chi connectivity index (χ2n) is 4.48. The number of rotatable bonds is 7. The third-order valence-corrected chi connectivity index (χ3v) is 4.71. The van der Waals surface area contributed by atoms with Gasteiger partial charge in [-0.15, -0.1) is 0 Å². The van der Waals surface area contributed by atoms with Gasteiger partial charge in [0.2, 0.25) is 10.0 Å². The monoisotopic (exact) mass is 330 g/mol. The first-order valence-corrected chi connectivity index (χ1v) is 8.07. The first kappa shape index (κ1) is 17.4. The Morgan fingerprint density at radius 3 is 2.67 bits per heavy atom. The van der Waals surface area contributed by atoms with Crippen molar-refractivity contribution in [3.63, 3.8) is 0 Å². The third kappa shape index (κ3) is 5.01. The van der Waals surface area contributed by atoms with E-state index >= 15 is 0 Å². The van der Waals surface area contributed by atoms with E-state index in [-0.39, 0.29) is 34.4 Å². The molecule has 0 heterocycles. The van der Waals surface area contributed by atoms with Gasteiger partial charge in [-0.05, 0) is 24.1 Å². The Bertz CT molecular complexity index is 667. The molecule has 6 nitrogen and oxygen atoms in total. The number of carbonyl (C=O) groups is 1. The summed E-state index contributed by atoms with van der Waals surface area (Å²) in [5.41, 5.74) is 0.188. The maximum absolute atomic E-state index is 12.1. The van der Waals surface area contributed by atoms with Crippen LogP contribution in [0.25, 0.3) is 0 Å². The van der Waals surface area contributed by atoms with E-state index in [1.165, 1.54) is 18.2 Å². The van der Waals surface area contributed by atoms with Crippen LogP contribution in [0.2, 0.25) is 5.02 Å². The van der Waals surface area contributed by atoms with Crippen molar-refractivity contribution >= 4 is 27.6 Å². The molecular weight excluding hydrogens is 316 g/mol. The molecule has 1 aromatic rings. The van der Waals surface area contributed by atoms with Crippen molar-refractivity contribution in [1.82, 2.24) is 4.72 Å². The van der Waals surface area contributed by atoms with Crippen LogP contribution in [0.5, 0.6) is 0 Å². The van der Waals surface area contributed by atoms with E-state index in [2.05, 4.69) is 4.72 Å². The smallest absolute Gasteiger partial charge is 0.303 e. The lowest BCUT2D eigenvalue weighted by molar-refractivity contribution is -0.138. The Morgan fingerprint density at radius 1 is 1.52 bits per heavy atom. The molecule has 1 unspecified atom stereocenters. The molecule has 0 radical (unpaired) electrons. The van der Waals surface area contributed by atoms with E-state index in [0.717, 1.165) is 0 Å². The van der Waals surface area contributed by atoms with E-state index < -0.39 is 16.0 Å². The largest absolute Gasteiger partial charge is 0.481 e. The summed E-state index contributed by atoms with van der Waals surface area (Å²) in [5, 5.41) is 17.5. The lowest BCUT2D eigenvalue weighted by Crippen LogP contribution is -2.30. The van der Waals surface area contributed by atoms with Gasteiger partial charge in [0.05, 0.1) is 15.5 Å². The Kier molecular flexibility index (Phi) is 6.15. The Hall–Kier alpha value is -1.62. The molecule has 0 aliphatic carbocycles. The van der Waals surface area contributed by atoms with Gasteiger partial charge in [-0.2, -0.15) is 5.26 Å². The van der Waals surface area contributed by atoms with Crippen molar-refractivity contribution in [3.8, 4) is 6.07 Å². The number of nitrogens with zero attached hydrogens (tertiary/aromatic N) is 1. The van der Waals surface area contributed by atoms with Gasteiger partial charge in [-0.3, -0.25) is 4.79 Å². The number of nitriles is 1. The van der Waals surface area contributed by atoms with Crippen LogP contribution in [-0.4, -0.2) is 26.0 Å². The lowest BCUT2D eigenvalue weighted by atomic mass is 10.0. The van der Waals surface area contributed by atoms with Gasteiger partial charge < -0.3 is 5.11 Å². The third-order valence-electron chi connectivity index (χ3n) is 2.97. The summed E-state index contributed by atoms with van der Waals surface area (Å²) >= 11 is 5.80. The van der Waals surface area contributed by atoms with Crippen molar-refractivity contribution in [3.05, 3.63) is 28.8 Å². The molecule has 2 N–H and O–H groups in total. The van der Waals surface area contributed by atoms with Gasteiger partial charge in [0.1, 0.15) is 6.07 Å². The predicted molar refractivity (Wildman–Crippen MR) is 77.4 cm³/mol. The van der Waals surface area contributed by atoms with Crippen LogP contribution in [0.1, 0.15) is 25.3 Å². The summed E-state index contributed by atoms with van der Waals surface area (Å²) in [6.07, 6.45) is 0.441. The molecule has 0 fully saturated rings. The van der Waals surface area contributed by atoms with Gasteiger partial charge in [0.25, 0.3) is 0 Å². The number of hydrogen-bond donors (Lipinski definition) is 2. The number of hydrogen-bond acceptors (Lipinski definition) is 4. The molecule has 0 amide bonds. The first-order chi connectivity index (χ1) is 9.80. The number of sulfonamides is 1. The highest BCUT2D eigenvalue weighted by Gasteiger charge is 2.19. The molecule has 1 atom stereocenters. The summed E-state index contributed by atoms with van der Waals surface area (Å²) in [6.45, 7) is 1.82. The average Bonchev–Trinajstić information content (AvgIpc) is 2.43. The second-order valence-corrected chi connectivity index (χ2v) is 6.65. The van der Waals surface area contributed by atoms with E-state index in [0.29, 0.717) is 6.42 Å². The fourth-order valence-corrected chi connectivity index (χ4v) is 3.10. The fraction of sp³-hybridized carbons (Fsp3) is 0.385. The molecule has 0 saturated heterocycles. The average molecular weight is 331 g/mol. The van der Waals surface area contributed by atoms with Crippen molar-refractivity contribution < 1.29 is 18.3 Å². The lowest BCUT2D eigenvalue weighted by Gasteiger charge is -2.14. The second kappa shape index (κ2) is 7.41. The Labute approximate surface area is 128 Å². The van der Waals surface area contributed by atoms with Crippen molar-refractivity contribution in [2.45, 2.75) is 24.7 Å². The SMILES string of the molecule is CCC(CNS(=O)(=O)c1ccc(C#N)c(Cl)c1)CC(=O)O. The van der Waals surface area contributed by atoms with E-state index in [1.807, 2.05) is 6.07 Å². The van der Waals surface area contributed by atoms with Crippen LogP contribution < -0.4 is 4.72 Å². The van der Waals surface area contributed by atoms with Crippen molar-refractivity contribution in [2.24, 2.45) is 5.92 Å². The van der Waals surface area contributed by atoms with E-state index in [1.54, 1.807) is 6.92 Å². The standard InChI is InChI=1S/C13H15ClN2O4S/c1-2-9(5-13(17)18)8-16-21(19,20)11-4-3-10(7-15)12(14)6-11/h3-4,6,9,16H,2,5,8H2,1H3,(H,17,18). The predicted octanol–water partition coefficient (Wildman–Crippen LogP) is 1.99. The number of aliphatic carboxylic acids is 1. The minimum Gasteiger partial charge on any atom is -0.481 e. The zero-order valence-corrected chi connectivity index (χ0v) is 12.9. The van der Waals surface area contributed by atoms with Crippen LogP contribution in [0, 0.1) is 17.2 Å². The summed E-state index contributed by atoms with van der Waals surface area (Å²) in [4.78, 5) is 10.6. The highest BCUT2D eigenvalue weighted by molar-refractivity contribution is 7.89. The molecule has 21 heavy (non-hydrogen) atoms. The molecule has 0 aliphatic rings. The number of benzene rings is 1. The Balaban J connectivity index is 2.84. The summed E-state index contributed by atoms with van der Waals surface area (Å²) < 4.78 is 26.5. The zero-order chi connectivity index (χ0) is 16.0. The van der Waals surface area contributed by atoms with Crippen molar-refractivity contribution in [1.29, 1.82) is 5.26 Å². The molecule has 0 bridgehead atoms. The van der Waals surface area contributed by atoms with Crippen LogP contribution >= 0.6 is 11.6 Å². The summed E-state index contributed by atoms with van der Waals surface area (Å²) in [6, 6.07) is 5.64. The number of halogens is 1. The van der Waals surface area contributed by atoms with E-state index in [4.69, 9.17) is 22.0 Å². The molecular formula is C13H15ClN2O4S. The van der Waals surface area contributed by atoms with E-state index in [9.17, 15) is 13.2 Å². The van der Waals surface area contributed by atoms with Crippen LogP contribution in [-0.2, 0) is 14.8 Å². The normalized spacial score (nSPS) is 12.6. The van der Waals surface area contributed by atoms with Gasteiger partial charge in [-0.1, -0.05) is 24.9 Å². The van der Waals surface area contributed by atoms with Crippen LogP contribution in [0.15, 0.2) is 23.1 Å². The molecule has 0 aliphatic heterocycles. The quantitative estimate of drug-likeness (QED) is 0.795. The van der Waals surface area contributed by atoms with Gasteiger partial charge in [-0.25, -0.2) is 13.1 Å². The highest BCUT2D eigenvalue weighted by atomic mass is 35.5. The highest BCUT2D eigenvalue weighted by Crippen LogP contribution is 2.20.